The first-order valence-electron chi connectivity index (χ1n) is 20.3. The van der Waals surface area contributed by atoms with E-state index in [1.807, 2.05) is 0 Å². The minimum Gasteiger partial charge on any atom is -0.456 e. The number of rotatable bonds is 4. The van der Waals surface area contributed by atoms with Crippen molar-refractivity contribution >= 4 is 87.1 Å². The van der Waals surface area contributed by atoms with Gasteiger partial charge >= 0.3 is 0 Å². The summed E-state index contributed by atoms with van der Waals surface area (Å²) in [5.41, 5.74) is 13.5. The van der Waals surface area contributed by atoms with E-state index in [-0.39, 0.29) is 0 Å². The van der Waals surface area contributed by atoms with Crippen LogP contribution in [0.25, 0.3) is 121 Å². The van der Waals surface area contributed by atoms with Crippen LogP contribution in [-0.2, 0) is 0 Å². The van der Waals surface area contributed by atoms with Gasteiger partial charge in [0.2, 0.25) is 0 Å². The molecule has 0 saturated carbocycles. The Bertz CT molecular complexity index is 3840. The van der Waals surface area contributed by atoms with Gasteiger partial charge in [-0.1, -0.05) is 133 Å². The van der Waals surface area contributed by atoms with E-state index < -0.39 is 0 Å². The average molecular weight is 751 g/mol. The third-order valence-corrected chi connectivity index (χ3v) is 12.5. The Morgan fingerprint density at radius 1 is 0.288 bits per heavy atom. The van der Waals surface area contributed by atoms with Crippen LogP contribution in [0.15, 0.2) is 211 Å². The molecule has 0 unspecified atom stereocenters. The number of hydrogen-bond acceptors (Lipinski definition) is 1. The van der Waals surface area contributed by atoms with Gasteiger partial charge in [0.15, 0.2) is 0 Å². The van der Waals surface area contributed by atoms with Gasteiger partial charge in [-0.05, 0) is 111 Å². The molecule has 0 fully saturated rings. The highest BCUT2D eigenvalue weighted by Crippen LogP contribution is 2.45. The van der Waals surface area contributed by atoms with Crippen LogP contribution in [0.1, 0.15) is 0 Å². The molecule has 0 aliphatic carbocycles. The summed E-state index contributed by atoms with van der Waals surface area (Å²) >= 11 is 0. The lowest BCUT2D eigenvalue weighted by Gasteiger charge is -2.15. The van der Waals surface area contributed by atoms with Crippen molar-refractivity contribution in [2.45, 2.75) is 0 Å². The third-order valence-electron chi connectivity index (χ3n) is 12.5. The van der Waals surface area contributed by atoms with E-state index in [0.29, 0.717) is 0 Å². The molecule has 274 valence electrons. The van der Waals surface area contributed by atoms with E-state index in [1.54, 1.807) is 0 Å². The Hall–Kier alpha value is -7.88. The second kappa shape index (κ2) is 12.3. The molecule has 0 amide bonds. The van der Waals surface area contributed by atoms with Crippen LogP contribution in [0.4, 0.5) is 0 Å². The van der Waals surface area contributed by atoms with Gasteiger partial charge in [-0.15, -0.1) is 0 Å². The minimum absolute atomic E-state index is 0.876. The van der Waals surface area contributed by atoms with Gasteiger partial charge in [0.25, 0.3) is 0 Å². The van der Waals surface area contributed by atoms with E-state index in [9.17, 15) is 0 Å². The largest absolute Gasteiger partial charge is 0.456 e. The van der Waals surface area contributed by atoms with Gasteiger partial charge in [-0.3, -0.25) is 0 Å². The van der Waals surface area contributed by atoms with Crippen molar-refractivity contribution in [1.82, 2.24) is 9.13 Å². The number of para-hydroxylation sites is 4. The Labute approximate surface area is 339 Å². The molecule has 10 aromatic carbocycles. The Morgan fingerprint density at radius 2 is 0.814 bits per heavy atom. The van der Waals surface area contributed by atoms with Crippen molar-refractivity contribution < 1.29 is 4.42 Å². The molecular formula is C56H34N2O. The lowest BCUT2D eigenvalue weighted by atomic mass is 9.91. The monoisotopic (exact) mass is 750 g/mol. The standard InChI is InChI=1S/C56H34N2O/c1-2-15-38(16-3-1)57-50-23-11-8-20-43(50)47-30-35(26-28-52(47)57)36-27-29-53-48(31-36)44-21-9-12-24-51(44)58(53)39-33-49(56-45-22-10-13-25-54(45)59-55(56)34-39)46-32-37-14-4-5-17-40(37)41-18-6-7-19-42(41)46/h1-34H. The van der Waals surface area contributed by atoms with E-state index >= 15 is 0 Å². The van der Waals surface area contributed by atoms with Gasteiger partial charge < -0.3 is 13.6 Å². The Morgan fingerprint density at radius 3 is 1.51 bits per heavy atom. The van der Waals surface area contributed by atoms with Crippen molar-refractivity contribution in [3.63, 3.8) is 0 Å². The van der Waals surface area contributed by atoms with Crippen LogP contribution < -0.4 is 0 Å². The zero-order chi connectivity index (χ0) is 38.6. The topological polar surface area (TPSA) is 23.0 Å². The quantitative estimate of drug-likeness (QED) is 0.164. The predicted molar refractivity (Wildman–Crippen MR) is 248 cm³/mol. The average Bonchev–Trinajstić information content (AvgIpc) is 3.96. The second-order valence-electron chi connectivity index (χ2n) is 15.7. The van der Waals surface area contributed by atoms with Crippen LogP contribution in [0.2, 0.25) is 0 Å². The number of aromatic nitrogens is 2. The molecule has 0 N–H and O–H groups in total. The molecular weight excluding hydrogens is 717 g/mol. The van der Waals surface area contributed by atoms with Crippen LogP contribution in [-0.4, -0.2) is 9.13 Å². The molecule has 0 spiro atoms. The van der Waals surface area contributed by atoms with Crippen molar-refractivity contribution in [2.24, 2.45) is 0 Å². The number of nitrogens with zero attached hydrogens (tertiary/aromatic N) is 2. The summed E-state index contributed by atoms with van der Waals surface area (Å²) < 4.78 is 11.5. The first-order valence-corrected chi connectivity index (χ1v) is 20.3. The molecule has 0 aliphatic heterocycles. The number of furan rings is 1. The van der Waals surface area contributed by atoms with Crippen LogP contribution >= 0.6 is 0 Å². The van der Waals surface area contributed by atoms with Gasteiger partial charge in [0, 0.05) is 44.1 Å². The fourth-order valence-corrected chi connectivity index (χ4v) is 9.90. The molecule has 0 aliphatic rings. The van der Waals surface area contributed by atoms with Crippen molar-refractivity contribution in [2.75, 3.05) is 0 Å². The summed E-state index contributed by atoms with van der Waals surface area (Å²) in [4.78, 5) is 0. The van der Waals surface area contributed by atoms with Crippen LogP contribution in [0.3, 0.4) is 0 Å². The highest BCUT2D eigenvalue weighted by molar-refractivity contribution is 6.21. The molecule has 0 radical (unpaired) electrons. The van der Waals surface area contributed by atoms with Gasteiger partial charge in [-0.2, -0.15) is 0 Å². The smallest absolute Gasteiger partial charge is 0.138 e. The minimum atomic E-state index is 0.876. The highest BCUT2D eigenvalue weighted by Gasteiger charge is 2.21. The molecule has 3 heteroatoms. The summed E-state index contributed by atoms with van der Waals surface area (Å²) in [6, 6.07) is 75.0. The normalized spacial score (nSPS) is 12.1. The summed E-state index contributed by atoms with van der Waals surface area (Å²) in [6.45, 7) is 0. The van der Waals surface area contributed by atoms with Gasteiger partial charge in [-0.25, -0.2) is 0 Å². The fourth-order valence-electron chi connectivity index (χ4n) is 9.90. The van der Waals surface area contributed by atoms with Gasteiger partial charge in [0.05, 0.1) is 27.8 Å². The number of benzene rings is 10. The fraction of sp³-hybridized carbons (Fsp3) is 0. The predicted octanol–water partition coefficient (Wildman–Crippen LogP) is 15.4. The molecule has 13 aromatic rings. The van der Waals surface area contributed by atoms with E-state index in [1.165, 1.54) is 76.5 Å². The summed E-state index contributed by atoms with van der Waals surface area (Å²) in [5.74, 6) is 0. The SMILES string of the molecule is c1ccc(-n2c3ccccc3c3cc(-c4ccc5c(c4)c4ccccc4n5-c4cc(-c5cc6ccccc6c6ccccc56)c5c(c4)oc4ccccc45)ccc32)cc1. The number of hydrogen-bond donors (Lipinski definition) is 0. The molecule has 0 atom stereocenters. The molecule has 13 rings (SSSR count). The summed E-state index contributed by atoms with van der Waals surface area (Å²) in [5, 5.41) is 12.1. The zero-order valence-corrected chi connectivity index (χ0v) is 31.9. The molecule has 3 nitrogen and oxygen atoms in total. The lowest BCUT2D eigenvalue weighted by molar-refractivity contribution is 0.668. The van der Waals surface area contributed by atoms with Crippen molar-refractivity contribution in [3.8, 4) is 33.6 Å². The molecule has 0 saturated heterocycles. The Kier molecular flexibility index (Phi) is 6.72. The summed E-state index contributed by atoms with van der Waals surface area (Å²) in [6.07, 6.45) is 0. The third kappa shape index (κ3) is 4.70. The van der Waals surface area contributed by atoms with Gasteiger partial charge in [0.1, 0.15) is 11.2 Å². The molecule has 59 heavy (non-hydrogen) atoms. The maximum atomic E-state index is 6.73. The van der Waals surface area contributed by atoms with Crippen LogP contribution in [0.5, 0.6) is 0 Å². The van der Waals surface area contributed by atoms with Crippen molar-refractivity contribution in [3.05, 3.63) is 206 Å². The highest BCUT2D eigenvalue weighted by atomic mass is 16.3. The molecule has 0 bridgehead atoms. The van der Waals surface area contributed by atoms with E-state index in [4.69, 9.17) is 4.42 Å². The molecule has 3 heterocycles. The first kappa shape index (κ1) is 32.2. The second-order valence-corrected chi connectivity index (χ2v) is 15.7. The molecule has 3 aromatic heterocycles. The van der Waals surface area contributed by atoms with Crippen LogP contribution in [0, 0.1) is 0 Å². The zero-order valence-electron chi connectivity index (χ0n) is 31.9. The number of fused-ring (bicyclic) bond motifs is 12. The maximum absolute atomic E-state index is 6.73. The first-order chi connectivity index (χ1) is 29.3. The Balaban J connectivity index is 1.05. The van der Waals surface area contributed by atoms with Crippen molar-refractivity contribution in [1.29, 1.82) is 0 Å². The van der Waals surface area contributed by atoms with E-state index in [2.05, 4.69) is 215 Å². The van der Waals surface area contributed by atoms with E-state index in [0.717, 1.165) is 44.2 Å². The maximum Gasteiger partial charge on any atom is 0.138 e. The summed E-state index contributed by atoms with van der Waals surface area (Å²) in [7, 11) is 0. The lowest BCUT2D eigenvalue weighted by Crippen LogP contribution is -1.95.